The Labute approximate surface area is 134 Å². The van der Waals surface area contributed by atoms with Crippen molar-refractivity contribution in [1.82, 2.24) is 4.90 Å². The van der Waals surface area contributed by atoms with Gasteiger partial charge in [0.1, 0.15) is 0 Å². The monoisotopic (exact) mass is 310 g/mol. The Morgan fingerprint density at radius 1 is 1.33 bits per heavy atom. The van der Waals surface area contributed by atoms with Gasteiger partial charge in [0.25, 0.3) is 0 Å². The van der Waals surface area contributed by atoms with E-state index in [4.69, 9.17) is 5.73 Å². The van der Waals surface area contributed by atoms with E-state index in [2.05, 4.69) is 18.7 Å². The van der Waals surface area contributed by atoms with Crippen molar-refractivity contribution in [2.24, 2.45) is 5.92 Å². The van der Waals surface area contributed by atoms with Gasteiger partial charge < -0.3 is 10.6 Å². The van der Waals surface area contributed by atoms with Crippen molar-refractivity contribution in [2.75, 3.05) is 12.3 Å². The first kappa shape index (κ1) is 17.8. The number of benzene rings is 1. The van der Waals surface area contributed by atoms with Gasteiger partial charge >= 0.3 is 0 Å². The number of anilines is 1. The van der Waals surface area contributed by atoms with Gasteiger partial charge in [-0.3, -0.25) is 4.79 Å². The fraction of sp³-hybridized carbons (Fsp3) is 0.588. The second kappa shape index (κ2) is 8.28. The summed E-state index contributed by atoms with van der Waals surface area (Å²) in [6.07, 6.45) is 4.85. The lowest BCUT2D eigenvalue weighted by Gasteiger charge is -2.38. The van der Waals surface area contributed by atoms with Crippen LogP contribution in [-0.2, 0) is 11.2 Å². The lowest BCUT2D eigenvalue weighted by molar-refractivity contribution is -0.135. The fourth-order valence-electron chi connectivity index (χ4n) is 3.11. The first-order valence-corrected chi connectivity index (χ1v) is 7.72. The first-order chi connectivity index (χ1) is 9.59. The number of para-hydroxylation sites is 1. The molecule has 0 saturated carbocycles. The number of halogens is 1. The summed E-state index contributed by atoms with van der Waals surface area (Å²) >= 11 is 0. The topological polar surface area (TPSA) is 46.3 Å². The molecular formula is C17H27ClN2O. The molecule has 4 heteroatoms. The van der Waals surface area contributed by atoms with Crippen LogP contribution in [0.1, 0.15) is 45.1 Å². The molecule has 1 atom stereocenters. The SMILES string of the molecule is CC(C)C1CCCCN1C(=O)CCc1ccccc1N.Cl. The molecular weight excluding hydrogens is 284 g/mol. The molecule has 3 nitrogen and oxygen atoms in total. The molecule has 0 spiro atoms. The Kier molecular flexibility index (Phi) is 7.03. The van der Waals surface area contributed by atoms with Gasteiger partial charge in [0.05, 0.1) is 0 Å². The number of amides is 1. The van der Waals surface area contributed by atoms with Gasteiger partial charge in [-0.1, -0.05) is 32.0 Å². The highest BCUT2D eigenvalue weighted by Crippen LogP contribution is 2.24. The number of hydrogen-bond donors (Lipinski definition) is 1. The van der Waals surface area contributed by atoms with E-state index < -0.39 is 0 Å². The van der Waals surface area contributed by atoms with Crippen LogP contribution >= 0.6 is 12.4 Å². The maximum absolute atomic E-state index is 12.5. The summed E-state index contributed by atoms with van der Waals surface area (Å²) in [5.41, 5.74) is 7.81. The molecule has 1 fully saturated rings. The molecule has 1 aliphatic heterocycles. The normalized spacial score (nSPS) is 18.4. The van der Waals surface area contributed by atoms with Crippen LogP contribution in [0.4, 0.5) is 5.69 Å². The molecule has 0 aromatic heterocycles. The minimum Gasteiger partial charge on any atom is -0.399 e. The van der Waals surface area contributed by atoms with Crippen molar-refractivity contribution in [3.05, 3.63) is 29.8 Å². The largest absolute Gasteiger partial charge is 0.399 e. The van der Waals surface area contributed by atoms with Crippen LogP contribution in [0.2, 0.25) is 0 Å². The summed E-state index contributed by atoms with van der Waals surface area (Å²) in [7, 11) is 0. The number of aryl methyl sites for hydroxylation is 1. The van der Waals surface area contributed by atoms with Crippen molar-refractivity contribution >= 4 is 24.0 Å². The van der Waals surface area contributed by atoms with Crippen LogP contribution < -0.4 is 5.73 Å². The number of likely N-dealkylation sites (tertiary alicyclic amines) is 1. The van der Waals surface area contributed by atoms with Crippen LogP contribution in [0.5, 0.6) is 0 Å². The second-order valence-corrected chi connectivity index (χ2v) is 6.09. The van der Waals surface area contributed by atoms with Gasteiger partial charge in [-0.25, -0.2) is 0 Å². The van der Waals surface area contributed by atoms with Crippen LogP contribution in [0, 0.1) is 5.92 Å². The second-order valence-electron chi connectivity index (χ2n) is 6.09. The Hall–Kier alpha value is -1.22. The molecule has 118 valence electrons. The third kappa shape index (κ3) is 4.63. The number of hydrogen-bond acceptors (Lipinski definition) is 2. The highest BCUT2D eigenvalue weighted by atomic mass is 35.5. The number of rotatable bonds is 4. The fourth-order valence-corrected chi connectivity index (χ4v) is 3.11. The third-order valence-corrected chi connectivity index (χ3v) is 4.30. The van der Waals surface area contributed by atoms with Gasteiger partial charge in [-0.15, -0.1) is 12.4 Å². The first-order valence-electron chi connectivity index (χ1n) is 7.72. The highest BCUT2D eigenvalue weighted by molar-refractivity contribution is 5.85. The lowest BCUT2D eigenvalue weighted by atomic mass is 9.92. The molecule has 1 aliphatic rings. The molecule has 1 unspecified atom stereocenters. The zero-order chi connectivity index (χ0) is 14.5. The summed E-state index contributed by atoms with van der Waals surface area (Å²) in [6.45, 7) is 5.35. The number of piperidine rings is 1. The van der Waals surface area contributed by atoms with Crippen molar-refractivity contribution in [3.63, 3.8) is 0 Å². The van der Waals surface area contributed by atoms with Crippen LogP contribution in [0.3, 0.4) is 0 Å². The maximum atomic E-state index is 12.5. The van der Waals surface area contributed by atoms with E-state index in [-0.39, 0.29) is 18.3 Å². The smallest absolute Gasteiger partial charge is 0.223 e. The van der Waals surface area contributed by atoms with Crippen molar-refractivity contribution in [3.8, 4) is 0 Å². The Bertz CT molecular complexity index is 462. The van der Waals surface area contributed by atoms with E-state index in [9.17, 15) is 4.79 Å². The van der Waals surface area contributed by atoms with E-state index in [1.807, 2.05) is 24.3 Å². The average Bonchev–Trinajstić information content (AvgIpc) is 2.46. The minimum absolute atomic E-state index is 0. The molecule has 1 aromatic carbocycles. The number of carbonyl (C=O) groups excluding carboxylic acids is 1. The van der Waals surface area contributed by atoms with Crippen LogP contribution in [-0.4, -0.2) is 23.4 Å². The molecule has 0 bridgehead atoms. The maximum Gasteiger partial charge on any atom is 0.223 e. The molecule has 1 aromatic rings. The number of nitrogens with two attached hydrogens (primary N) is 1. The zero-order valence-corrected chi connectivity index (χ0v) is 13.9. The van der Waals surface area contributed by atoms with E-state index in [0.717, 1.165) is 37.1 Å². The van der Waals surface area contributed by atoms with E-state index in [1.54, 1.807) is 0 Å². The van der Waals surface area contributed by atoms with Crippen molar-refractivity contribution in [1.29, 1.82) is 0 Å². The van der Waals surface area contributed by atoms with Gasteiger partial charge in [-0.2, -0.15) is 0 Å². The molecule has 2 N–H and O–H groups in total. The van der Waals surface area contributed by atoms with Crippen molar-refractivity contribution in [2.45, 2.75) is 52.0 Å². The van der Waals surface area contributed by atoms with Crippen molar-refractivity contribution < 1.29 is 4.79 Å². The van der Waals surface area contributed by atoms with Gasteiger partial charge in [0, 0.05) is 24.7 Å². The molecule has 0 radical (unpaired) electrons. The van der Waals surface area contributed by atoms with Gasteiger partial charge in [-0.05, 0) is 43.2 Å². The predicted molar refractivity (Wildman–Crippen MR) is 90.6 cm³/mol. The minimum atomic E-state index is 0. The van der Waals surface area contributed by atoms with E-state index >= 15 is 0 Å². The summed E-state index contributed by atoms with van der Waals surface area (Å²) < 4.78 is 0. The zero-order valence-electron chi connectivity index (χ0n) is 13.0. The van der Waals surface area contributed by atoms with Gasteiger partial charge in [0.15, 0.2) is 0 Å². The molecule has 21 heavy (non-hydrogen) atoms. The Morgan fingerprint density at radius 2 is 2.05 bits per heavy atom. The highest BCUT2D eigenvalue weighted by Gasteiger charge is 2.28. The molecule has 0 aliphatic carbocycles. The Balaban J connectivity index is 0.00000220. The lowest BCUT2D eigenvalue weighted by Crippen LogP contribution is -2.46. The Morgan fingerprint density at radius 3 is 2.71 bits per heavy atom. The summed E-state index contributed by atoms with van der Waals surface area (Å²) in [6, 6.07) is 8.24. The number of nitrogen functional groups attached to an aromatic ring is 1. The number of carbonyl (C=O) groups is 1. The van der Waals surface area contributed by atoms with Gasteiger partial charge in [0.2, 0.25) is 5.91 Å². The predicted octanol–water partition coefficient (Wildman–Crippen LogP) is 3.66. The summed E-state index contributed by atoms with van der Waals surface area (Å²) in [5.74, 6) is 0.827. The summed E-state index contributed by atoms with van der Waals surface area (Å²) in [4.78, 5) is 14.6. The molecule has 1 heterocycles. The quantitative estimate of drug-likeness (QED) is 0.863. The average molecular weight is 311 g/mol. The van der Waals surface area contributed by atoms with E-state index in [1.165, 1.54) is 6.42 Å². The summed E-state index contributed by atoms with van der Waals surface area (Å²) in [5, 5.41) is 0. The van der Waals surface area contributed by atoms with Crippen LogP contribution in [0.25, 0.3) is 0 Å². The third-order valence-electron chi connectivity index (χ3n) is 4.30. The van der Waals surface area contributed by atoms with E-state index in [0.29, 0.717) is 18.4 Å². The number of nitrogens with zero attached hydrogens (tertiary/aromatic N) is 1. The molecule has 1 saturated heterocycles. The standard InChI is InChI=1S/C17H26N2O.ClH/c1-13(2)16-9-5-6-12-19(16)17(20)11-10-14-7-3-4-8-15(14)18;/h3-4,7-8,13,16H,5-6,9-12,18H2,1-2H3;1H. The van der Waals surface area contributed by atoms with Crippen LogP contribution in [0.15, 0.2) is 24.3 Å². The molecule has 2 rings (SSSR count). The molecule has 1 amide bonds.